The zero-order chi connectivity index (χ0) is 30.2. The van der Waals surface area contributed by atoms with Gasteiger partial charge in [-0.25, -0.2) is 30.4 Å². The standard InChI is InChI=1S/C22H25F8N3O5S/c1-8(2)16(19(34)22(28,29)30)31-20(35)10-6-5-7-33(10)21(36)17(9(3)4)32-39(37,38)18-14(26)12(24)11(23)13(25)15(18)27/h8-10,16-17,32H,5-7H2,1-4H3,(H,31,35)/t10-,16?,17-/m0/s1. The number of alkyl halides is 3. The minimum atomic E-state index is -5.56. The molecule has 1 fully saturated rings. The molecule has 0 saturated carbocycles. The van der Waals surface area contributed by atoms with Crippen molar-refractivity contribution >= 4 is 27.6 Å². The van der Waals surface area contributed by atoms with Crippen LogP contribution in [0.1, 0.15) is 40.5 Å². The van der Waals surface area contributed by atoms with Gasteiger partial charge in [-0.1, -0.05) is 27.7 Å². The predicted molar refractivity (Wildman–Crippen MR) is 118 cm³/mol. The van der Waals surface area contributed by atoms with Crippen molar-refractivity contribution in [2.24, 2.45) is 11.8 Å². The number of sulfonamides is 1. The predicted octanol–water partition coefficient (Wildman–Crippen LogP) is 2.95. The van der Waals surface area contributed by atoms with Gasteiger partial charge >= 0.3 is 6.18 Å². The molecule has 8 nitrogen and oxygen atoms in total. The van der Waals surface area contributed by atoms with Gasteiger partial charge in [0.2, 0.25) is 27.7 Å². The molecule has 2 N–H and O–H groups in total. The number of hydrogen-bond acceptors (Lipinski definition) is 5. The van der Waals surface area contributed by atoms with Crippen LogP contribution in [-0.4, -0.2) is 61.8 Å². The molecule has 1 aromatic carbocycles. The molecule has 0 spiro atoms. The first-order chi connectivity index (χ1) is 17.7. The van der Waals surface area contributed by atoms with E-state index >= 15 is 0 Å². The van der Waals surface area contributed by atoms with Crippen molar-refractivity contribution in [3.05, 3.63) is 29.1 Å². The minimum Gasteiger partial charge on any atom is -0.344 e. The van der Waals surface area contributed by atoms with E-state index in [-0.39, 0.29) is 19.4 Å². The van der Waals surface area contributed by atoms with Gasteiger partial charge in [0.25, 0.3) is 5.78 Å². The molecular weight excluding hydrogens is 570 g/mol. The van der Waals surface area contributed by atoms with E-state index in [2.05, 4.69) is 0 Å². The number of carbonyl (C=O) groups is 3. The number of benzene rings is 1. The first-order valence-electron chi connectivity index (χ1n) is 11.5. The highest BCUT2D eigenvalue weighted by Crippen LogP contribution is 2.28. The Balaban J connectivity index is 2.38. The molecule has 0 radical (unpaired) electrons. The molecule has 1 heterocycles. The van der Waals surface area contributed by atoms with Crippen LogP contribution in [-0.2, 0) is 24.4 Å². The second-order valence-corrected chi connectivity index (χ2v) is 11.2. The quantitative estimate of drug-likeness (QED) is 0.259. The number of nitrogens with one attached hydrogen (secondary N) is 2. The van der Waals surface area contributed by atoms with Gasteiger partial charge < -0.3 is 10.2 Å². The second kappa shape index (κ2) is 11.7. The Labute approximate surface area is 218 Å². The van der Waals surface area contributed by atoms with Gasteiger partial charge in [0, 0.05) is 6.54 Å². The summed E-state index contributed by atoms with van der Waals surface area (Å²) in [5.41, 5.74) is 0. The SMILES string of the molecule is CC(C)C(NC(=O)[C@@H]1CCCN1C(=O)[C@@H](NS(=O)(=O)c1c(F)c(F)c(F)c(F)c1F)C(C)C)C(=O)C(F)(F)F. The highest BCUT2D eigenvalue weighted by Gasteiger charge is 2.47. The fourth-order valence-corrected chi connectivity index (χ4v) is 5.44. The van der Waals surface area contributed by atoms with Crippen LogP contribution in [0.5, 0.6) is 0 Å². The lowest BCUT2D eigenvalue weighted by molar-refractivity contribution is -0.175. The summed E-state index contributed by atoms with van der Waals surface area (Å²) in [6, 6.07) is -5.32. The van der Waals surface area contributed by atoms with Crippen LogP contribution in [0, 0.1) is 40.9 Å². The van der Waals surface area contributed by atoms with E-state index in [0.29, 0.717) is 0 Å². The van der Waals surface area contributed by atoms with Crippen LogP contribution < -0.4 is 10.0 Å². The monoisotopic (exact) mass is 595 g/mol. The van der Waals surface area contributed by atoms with Crippen LogP contribution >= 0.6 is 0 Å². The third-order valence-corrected chi connectivity index (χ3v) is 7.48. The first kappa shape index (κ1) is 32.4. The van der Waals surface area contributed by atoms with E-state index in [1.807, 2.05) is 5.32 Å². The highest BCUT2D eigenvalue weighted by atomic mass is 32.2. The Kier molecular flexibility index (Phi) is 9.75. The number of hydrogen-bond donors (Lipinski definition) is 2. The van der Waals surface area contributed by atoms with Gasteiger partial charge in [0.05, 0.1) is 6.04 Å². The highest BCUT2D eigenvalue weighted by molar-refractivity contribution is 7.89. The van der Waals surface area contributed by atoms with Crippen molar-refractivity contribution in [2.75, 3.05) is 6.54 Å². The number of carbonyl (C=O) groups excluding carboxylic acids is 3. The van der Waals surface area contributed by atoms with Crippen LogP contribution in [0.2, 0.25) is 0 Å². The molecule has 0 aliphatic carbocycles. The average Bonchev–Trinajstić information content (AvgIpc) is 3.31. The van der Waals surface area contributed by atoms with Crippen molar-refractivity contribution in [2.45, 2.75) is 69.7 Å². The molecular formula is C22H25F8N3O5S. The molecule has 39 heavy (non-hydrogen) atoms. The van der Waals surface area contributed by atoms with Crippen LogP contribution in [0.3, 0.4) is 0 Å². The van der Waals surface area contributed by atoms with Gasteiger partial charge in [-0.2, -0.15) is 17.9 Å². The maximum Gasteiger partial charge on any atom is 0.452 e. The molecule has 0 bridgehead atoms. The summed E-state index contributed by atoms with van der Waals surface area (Å²) in [6.07, 6.45) is -5.21. The summed E-state index contributed by atoms with van der Waals surface area (Å²) >= 11 is 0. The van der Waals surface area contributed by atoms with Crippen LogP contribution in [0.15, 0.2) is 4.90 Å². The maximum absolute atomic E-state index is 14.2. The number of nitrogens with zero attached hydrogens (tertiary/aromatic N) is 1. The minimum absolute atomic E-state index is 0.0855. The second-order valence-electron chi connectivity index (χ2n) is 9.52. The summed E-state index contributed by atoms with van der Waals surface area (Å²) in [6.45, 7) is 4.84. The number of rotatable bonds is 9. The molecule has 17 heteroatoms. The zero-order valence-electron chi connectivity index (χ0n) is 20.9. The Bertz CT molecular complexity index is 1220. The maximum atomic E-state index is 14.2. The van der Waals surface area contributed by atoms with E-state index in [9.17, 15) is 57.9 Å². The molecule has 1 aromatic rings. The van der Waals surface area contributed by atoms with E-state index in [4.69, 9.17) is 0 Å². The number of ketones is 1. The van der Waals surface area contributed by atoms with Crippen molar-refractivity contribution in [1.29, 1.82) is 0 Å². The summed E-state index contributed by atoms with van der Waals surface area (Å²) in [5, 5.41) is 1.97. The van der Waals surface area contributed by atoms with E-state index in [1.165, 1.54) is 27.7 Å². The Morgan fingerprint density at radius 3 is 1.74 bits per heavy atom. The number of Topliss-reactive ketones (excluding diaryl/α,β-unsaturated/α-hetero) is 1. The first-order valence-corrected chi connectivity index (χ1v) is 13.0. The topological polar surface area (TPSA) is 113 Å². The van der Waals surface area contributed by atoms with Gasteiger partial charge in [0.1, 0.15) is 12.1 Å². The van der Waals surface area contributed by atoms with Crippen molar-refractivity contribution in [1.82, 2.24) is 14.9 Å². The van der Waals surface area contributed by atoms with Gasteiger partial charge in [-0.15, -0.1) is 0 Å². The Morgan fingerprint density at radius 1 is 0.846 bits per heavy atom. The number of halogens is 8. The molecule has 1 saturated heterocycles. The molecule has 2 amide bonds. The van der Waals surface area contributed by atoms with Gasteiger partial charge in [-0.3, -0.25) is 14.4 Å². The zero-order valence-corrected chi connectivity index (χ0v) is 21.7. The average molecular weight is 596 g/mol. The van der Waals surface area contributed by atoms with Crippen molar-refractivity contribution in [3.63, 3.8) is 0 Å². The summed E-state index contributed by atoms with van der Waals surface area (Å²) in [7, 11) is -5.56. The van der Waals surface area contributed by atoms with Gasteiger partial charge in [0.15, 0.2) is 28.2 Å². The van der Waals surface area contributed by atoms with Crippen LogP contribution in [0.25, 0.3) is 0 Å². The summed E-state index contributed by atoms with van der Waals surface area (Å²) < 4.78 is 135. The molecule has 220 valence electrons. The van der Waals surface area contributed by atoms with Crippen molar-refractivity contribution < 1.29 is 57.9 Å². The number of likely N-dealkylation sites (tertiary alicyclic amines) is 1. The molecule has 2 rings (SSSR count). The molecule has 1 aliphatic heterocycles. The molecule has 1 aliphatic rings. The summed E-state index contributed by atoms with van der Waals surface area (Å²) in [4.78, 5) is 36.4. The lowest BCUT2D eigenvalue weighted by atomic mass is 9.98. The third kappa shape index (κ3) is 6.67. The smallest absolute Gasteiger partial charge is 0.344 e. The number of amides is 2. The largest absolute Gasteiger partial charge is 0.452 e. The molecule has 1 unspecified atom stereocenters. The van der Waals surface area contributed by atoms with E-state index in [0.717, 1.165) is 4.90 Å². The fraction of sp³-hybridized carbons (Fsp3) is 0.591. The fourth-order valence-electron chi connectivity index (χ4n) is 3.96. The van der Waals surface area contributed by atoms with E-state index in [1.54, 1.807) is 4.72 Å². The lowest BCUT2D eigenvalue weighted by Crippen LogP contribution is -2.58. The molecule has 0 aromatic heterocycles. The van der Waals surface area contributed by atoms with Gasteiger partial charge in [-0.05, 0) is 24.7 Å². The lowest BCUT2D eigenvalue weighted by Gasteiger charge is -2.31. The Morgan fingerprint density at radius 2 is 1.31 bits per heavy atom. The third-order valence-electron chi connectivity index (χ3n) is 6.02. The summed E-state index contributed by atoms with van der Waals surface area (Å²) in [5.74, 6) is -19.5. The van der Waals surface area contributed by atoms with E-state index < -0.39 is 97.7 Å². The van der Waals surface area contributed by atoms with Crippen LogP contribution in [0.4, 0.5) is 35.1 Å². The Hall–Kier alpha value is -2.82. The molecule has 3 atom stereocenters. The normalized spacial score (nSPS) is 18.0. The van der Waals surface area contributed by atoms with Crippen molar-refractivity contribution in [3.8, 4) is 0 Å².